The summed E-state index contributed by atoms with van der Waals surface area (Å²) < 4.78 is 30.1. The molecule has 1 aromatic heterocycles. The van der Waals surface area contributed by atoms with Crippen molar-refractivity contribution in [2.75, 3.05) is 6.26 Å². The Balaban J connectivity index is 1.81. The van der Waals surface area contributed by atoms with E-state index < -0.39 is 15.7 Å². The number of fused-ring (bicyclic) bond motifs is 1. The third-order valence-corrected chi connectivity index (χ3v) is 6.96. The summed E-state index contributed by atoms with van der Waals surface area (Å²) in [6.45, 7) is 8.00. The van der Waals surface area contributed by atoms with Gasteiger partial charge in [-0.3, -0.25) is 10.2 Å². The van der Waals surface area contributed by atoms with Gasteiger partial charge in [-0.25, -0.2) is 13.3 Å². The molecule has 2 aromatic rings. The van der Waals surface area contributed by atoms with Crippen molar-refractivity contribution < 1.29 is 13.2 Å². The first kappa shape index (κ1) is 21.3. The first-order valence-corrected chi connectivity index (χ1v) is 12.1. The van der Waals surface area contributed by atoms with Crippen molar-refractivity contribution in [2.45, 2.75) is 27.7 Å². The van der Waals surface area contributed by atoms with Crippen molar-refractivity contribution >= 4 is 49.9 Å². The number of amidine groups is 3. The van der Waals surface area contributed by atoms with E-state index in [-0.39, 0.29) is 21.7 Å². The third-order valence-electron chi connectivity index (χ3n) is 5.20. The van der Waals surface area contributed by atoms with Crippen molar-refractivity contribution in [3.05, 3.63) is 57.9 Å². The minimum Gasteiger partial charge on any atom is -0.318 e. The Morgan fingerprint density at radius 2 is 1.84 bits per heavy atom. The summed E-state index contributed by atoms with van der Waals surface area (Å²) in [6, 6.07) is 8.17. The molecule has 0 fully saturated rings. The Labute approximate surface area is 185 Å². The van der Waals surface area contributed by atoms with E-state index in [1.165, 1.54) is 0 Å². The predicted molar refractivity (Wildman–Crippen MR) is 125 cm³/mol. The molecule has 0 atom stereocenters. The topological polar surface area (TPSA) is 108 Å². The number of carbonyl (C=O) groups excluding carboxylic acids is 1. The molecule has 0 radical (unpaired) electrons. The van der Waals surface area contributed by atoms with Gasteiger partial charge in [0, 0.05) is 23.3 Å². The van der Waals surface area contributed by atoms with Gasteiger partial charge in [0.2, 0.25) is 20.2 Å². The second kappa shape index (κ2) is 7.31. The van der Waals surface area contributed by atoms with E-state index in [2.05, 4.69) is 32.2 Å². The second-order valence-electron chi connectivity index (χ2n) is 7.63. The summed E-state index contributed by atoms with van der Waals surface area (Å²) in [5.41, 5.74) is 5.96. The van der Waals surface area contributed by atoms with Crippen molar-refractivity contribution in [3.63, 3.8) is 0 Å². The highest BCUT2D eigenvalue weighted by molar-refractivity contribution is 8.16. The molecule has 8 nitrogen and oxygen atoms in total. The van der Waals surface area contributed by atoms with Gasteiger partial charge >= 0.3 is 0 Å². The lowest BCUT2D eigenvalue weighted by atomic mass is 10.1. The van der Waals surface area contributed by atoms with Crippen LogP contribution in [0.3, 0.4) is 0 Å². The Kier molecular flexibility index (Phi) is 5.01. The minimum absolute atomic E-state index is 0.0174. The summed E-state index contributed by atoms with van der Waals surface area (Å²) in [6.07, 6.45) is 2.61. The maximum Gasteiger partial charge on any atom is 0.283 e. The van der Waals surface area contributed by atoms with E-state index in [1.807, 2.05) is 33.8 Å². The molecule has 31 heavy (non-hydrogen) atoms. The molecule has 1 N–H and O–H groups in total. The molecular formula is C21H21N5O3S2. The van der Waals surface area contributed by atoms with Crippen LogP contribution in [0.15, 0.2) is 39.2 Å². The summed E-state index contributed by atoms with van der Waals surface area (Å²) in [4.78, 5) is 17.7. The van der Waals surface area contributed by atoms with Gasteiger partial charge < -0.3 is 4.57 Å². The summed E-state index contributed by atoms with van der Waals surface area (Å²) in [5, 5.41) is 8.30. The number of sulfone groups is 1. The molecular weight excluding hydrogens is 434 g/mol. The van der Waals surface area contributed by atoms with Gasteiger partial charge in [-0.15, -0.1) is 0 Å². The van der Waals surface area contributed by atoms with Gasteiger partial charge in [-0.05, 0) is 62.6 Å². The molecule has 0 bridgehead atoms. The molecule has 0 saturated heterocycles. The highest BCUT2D eigenvalue weighted by Crippen LogP contribution is 2.31. The Morgan fingerprint density at radius 1 is 1.13 bits per heavy atom. The first-order valence-electron chi connectivity index (χ1n) is 9.44. The smallest absolute Gasteiger partial charge is 0.283 e. The predicted octanol–water partition coefficient (Wildman–Crippen LogP) is 3.33. The number of nitrogens with zero attached hydrogens (tertiary/aromatic N) is 4. The van der Waals surface area contributed by atoms with E-state index in [1.54, 1.807) is 6.08 Å². The standard InChI is InChI=1S/C21H21N5O3S2/c1-11-6-7-12(2)17(8-11)25-13(3)9-15(14(25)4)10-16-18(22)26-20(23-19(16)27)30-24-21(26)31(5,28)29/h6-10,22H,1-5H3/b16-10-,22-18?. The Bertz CT molecular complexity index is 1360. The molecule has 1 amide bonds. The first-order chi connectivity index (χ1) is 14.5. The average molecular weight is 456 g/mol. The normalized spacial score (nSPS) is 17.8. The average Bonchev–Trinajstić information content (AvgIpc) is 3.22. The summed E-state index contributed by atoms with van der Waals surface area (Å²) in [5.74, 6) is -0.842. The van der Waals surface area contributed by atoms with Crippen LogP contribution in [-0.2, 0) is 14.6 Å². The van der Waals surface area contributed by atoms with Crippen LogP contribution >= 0.6 is 11.9 Å². The number of amides is 1. The molecule has 4 rings (SSSR count). The molecule has 160 valence electrons. The van der Waals surface area contributed by atoms with E-state index >= 15 is 0 Å². The number of rotatable bonds is 2. The van der Waals surface area contributed by atoms with Gasteiger partial charge in [-0.1, -0.05) is 12.1 Å². The van der Waals surface area contributed by atoms with Crippen LogP contribution in [0.1, 0.15) is 28.1 Å². The number of hydrogen-bond donors (Lipinski definition) is 1. The zero-order chi connectivity index (χ0) is 22.7. The minimum atomic E-state index is -3.68. The molecule has 0 unspecified atom stereocenters. The molecule has 2 aliphatic heterocycles. The fourth-order valence-corrected chi connectivity index (χ4v) is 5.50. The van der Waals surface area contributed by atoms with Gasteiger partial charge in [-0.2, -0.15) is 9.39 Å². The fourth-order valence-electron chi connectivity index (χ4n) is 3.66. The van der Waals surface area contributed by atoms with Gasteiger partial charge in [0.15, 0.2) is 0 Å². The van der Waals surface area contributed by atoms with Gasteiger partial charge in [0.25, 0.3) is 5.91 Å². The van der Waals surface area contributed by atoms with Crippen LogP contribution in [0, 0.1) is 33.1 Å². The van der Waals surface area contributed by atoms with Crippen LogP contribution in [-0.4, -0.2) is 46.2 Å². The van der Waals surface area contributed by atoms with E-state index in [0.29, 0.717) is 0 Å². The van der Waals surface area contributed by atoms with E-state index in [9.17, 15) is 13.2 Å². The second-order valence-corrected chi connectivity index (χ2v) is 10.3. The highest BCUT2D eigenvalue weighted by Gasteiger charge is 2.41. The lowest BCUT2D eigenvalue weighted by Gasteiger charge is -2.23. The van der Waals surface area contributed by atoms with Crippen molar-refractivity contribution in [1.29, 1.82) is 5.41 Å². The largest absolute Gasteiger partial charge is 0.318 e. The lowest BCUT2D eigenvalue weighted by molar-refractivity contribution is -0.114. The molecule has 3 heterocycles. The molecule has 2 aliphatic rings. The highest BCUT2D eigenvalue weighted by atomic mass is 32.2. The maximum absolute atomic E-state index is 12.6. The molecule has 0 spiro atoms. The maximum atomic E-state index is 12.6. The van der Waals surface area contributed by atoms with E-state index in [4.69, 9.17) is 5.41 Å². The lowest BCUT2D eigenvalue weighted by Crippen LogP contribution is -2.45. The van der Waals surface area contributed by atoms with Crippen LogP contribution in [0.2, 0.25) is 0 Å². The van der Waals surface area contributed by atoms with Crippen LogP contribution in [0.25, 0.3) is 11.8 Å². The molecule has 1 aromatic carbocycles. The van der Waals surface area contributed by atoms with Crippen LogP contribution in [0.4, 0.5) is 0 Å². The zero-order valence-corrected chi connectivity index (χ0v) is 19.3. The van der Waals surface area contributed by atoms with Crippen molar-refractivity contribution in [1.82, 2.24) is 9.47 Å². The number of aromatic nitrogens is 1. The number of aliphatic imine (C=N–C) groups is 1. The van der Waals surface area contributed by atoms with Gasteiger partial charge in [0.1, 0.15) is 5.84 Å². The molecule has 0 saturated carbocycles. The molecule has 10 heteroatoms. The quantitative estimate of drug-likeness (QED) is 0.552. The number of benzene rings is 1. The summed E-state index contributed by atoms with van der Waals surface area (Å²) >= 11 is 0.779. The molecule has 0 aliphatic carbocycles. The summed E-state index contributed by atoms with van der Waals surface area (Å²) in [7, 11) is -3.68. The zero-order valence-electron chi connectivity index (χ0n) is 17.7. The monoisotopic (exact) mass is 455 g/mol. The number of hydrogen-bond acceptors (Lipinski definition) is 6. The van der Waals surface area contributed by atoms with E-state index in [0.717, 1.165) is 56.9 Å². The fraction of sp³-hybridized carbons (Fsp3) is 0.238. The third kappa shape index (κ3) is 3.55. The van der Waals surface area contributed by atoms with Crippen molar-refractivity contribution in [3.8, 4) is 5.69 Å². The SMILES string of the molecule is Cc1ccc(C)c(-n2c(C)cc(/C=C3/C(=N)N4C(=NC3=O)SN=C4S(C)(=O)=O)c2C)c1. The Hall–Kier alpha value is -2.98. The van der Waals surface area contributed by atoms with Crippen molar-refractivity contribution in [2.24, 2.45) is 9.39 Å². The Morgan fingerprint density at radius 3 is 2.52 bits per heavy atom. The van der Waals surface area contributed by atoms with Crippen LogP contribution < -0.4 is 0 Å². The number of aryl methyl sites for hydroxylation is 3. The number of carbonyl (C=O) groups is 1. The van der Waals surface area contributed by atoms with Crippen LogP contribution in [0.5, 0.6) is 0 Å². The van der Waals surface area contributed by atoms with Gasteiger partial charge in [0.05, 0.1) is 17.5 Å². The number of nitrogens with one attached hydrogen (secondary N) is 1.